The van der Waals surface area contributed by atoms with Gasteiger partial charge >= 0.3 is 6.03 Å². The van der Waals surface area contributed by atoms with E-state index >= 15 is 0 Å². The van der Waals surface area contributed by atoms with E-state index in [2.05, 4.69) is 31.2 Å². The number of oxazole rings is 1. The quantitative estimate of drug-likeness (QED) is 0.489. The second-order valence-electron chi connectivity index (χ2n) is 8.65. The first-order chi connectivity index (χ1) is 16.5. The number of hydrogen-bond donors (Lipinski definition) is 1. The molecule has 0 unspecified atom stereocenters. The van der Waals surface area contributed by atoms with Gasteiger partial charge in [0.25, 0.3) is 0 Å². The topological polar surface area (TPSA) is 100 Å². The fourth-order valence-electron chi connectivity index (χ4n) is 4.63. The first-order valence-corrected chi connectivity index (χ1v) is 11.2. The van der Waals surface area contributed by atoms with Crippen molar-refractivity contribution in [1.29, 1.82) is 0 Å². The zero-order valence-electron chi connectivity index (χ0n) is 18.9. The molecule has 9 heteroatoms. The van der Waals surface area contributed by atoms with E-state index in [4.69, 9.17) is 9.40 Å². The van der Waals surface area contributed by atoms with Gasteiger partial charge in [-0.15, -0.1) is 0 Å². The van der Waals surface area contributed by atoms with Gasteiger partial charge < -0.3 is 14.6 Å². The number of carbonyl (C=O) groups excluding carboxylic acids is 1. The Balaban J connectivity index is 1.33. The highest BCUT2D eigenvalue weighted by molar-refractivity contribution is 6.05. The molecule has 0 radical (unpaired) electrons. The van der Waals surface area contributed by atoms with Gasteiger partial charge in [-0.05, 0) is 50.6 Å². The molecular weight excluding hydrogens is 430 g/mol. The Bertz CT molecular complexity index is 1400. The van der Waals surface area contributed by atoms with Crippen LogP contribution in [0.3, 0.4) is 0 Å². The van der Waals surface area contributed by atoms with Crippen molar-refractivity contribution in [3.8, 4) is 22.7 Å². The number of pyridine rings is 3. The van der Waals surface area contributed by atoms with Gasteiger partial charge in [-0.3, -0.25) is 14.9 Å². The SMILES string of the molecule is Cc1cc(-c2ccc3c(n2)N(C(=O)Nc2cncc(-c4ncc(C)o4)c2)[C@H]2CCN3C2)ccn1. The Morgan fingerprint density at radius 3 is 2.82 bits per heavy atom. The summed E-state index contributed by atoms with van der Waals surface area (Å²) in [7, 11) is 0. The third-order valence-electron chi connectivity index (χ3n) is 6.22. The Labute approximate surface area is 196 Å². The monoisotopic (exact) mass is 453 g/mol. The molecule has 4 aromatic heterocycles. The molecule has 0 aliphatic carbocycles. The van der Waals surface area contributed by atoms with E-state index in [9.17, 15) is 4.79 Å². The highest BCUT2D eigenvalue weighted by Crippen LogP contribution is 2.40. The first-order valence-electron chi connectivity index (χ1n) is 11.2. The predicted molar refractivity (Wildman–Crippen MR) is 129 cm³/mol. The Morgan fingerprint density at radius 1 is 1.09 bits per heavy atom. The van der Waals surface area contributed by atoms with Crippen LogP contribution < -0.4 is 15.1 Å². The summed E-state index contributed by atoms with van der Waals surface area (Å²) in [5.74, 6) is 1.85. The lowest BCUT2D eigenvalue weighted by Gasteiger charge is -2.36. The van der Waals surface area contributed by atoms with Crippen LogP contribution in [0.4, 0.5) is 22.0 Å². The number of amides is 2. The van der Waals surface area contributed by atoms with Gasteiger partial charge in [0.1, 0.15) is 5.76 Å². The molecule has 2 amide bonds. The standard InChI is InChI=1S/C25H23N7O2/c1-15-9-17(5-7-27-15)21-3-4-22-23(30-21)32(20-6-8-31(22)14-20)25(33)29-19-10-18(12-26-13-19)24-28-11-16(2)34-24/h3-5,7,9-13,20H,6,8,14H2,1-2H3,(H,29,33)/t20-/m0/s1. The molecule has 1 atom stereocenters. The predicted octanol–water partition coefficient (Wildman–Crippen LogP) is 4.44. The van der Waals surface area contributed by atoms with Gasteiger partial charge in [-0.2, -0.15) is 0 Å². The van der Waals surface area contributed by atoms with E-state index in [1.807, 2.05) is 38.1 Å². The number of aromatic nitrogens is 4. The minimum atomic E-state index is -0.231. The van der Waals surface area contributed by atoms with Crippen LogP contribution in [0.2, 0.25) is 0 Å². The number of urea groups is 1. The number of rotatable bonds is 3. The summed E-state index contributed by atoms with van der Waals surface area (Å²) in [4.78, 5) is 35.4. The van der Waals surface area contributed by atoms with E-state index in [1.54, 1.807) is 29.7 Å². The van der Waals surface area contributed by atoms with Crippen molar-refractivity contribution < 1.29 is 9.21 Å². The molecule has 9 nitrogen and oxygen atoms in total. The van der Waals surface area contributed by atoms with Crippen LogP contribution in [0.15, 0.2) is 59.5 Å². The summed E-state index contributed by atoms with van der Waals surface area (Å²) < 4.78 is 5.60. The molecule has 2 aliphatic rings. The van der Waals surface area contributed by atoms with Crippen LogP contribution >= 0.6 is 0 Å². The smallest absolute Gasteiger partial charge is 0.327 e. The normalized spacial score (nSPS) is 16.5. The fourth-order valence-corrected chi connectivity index (χ4v) is 4.63. The lowest BCUT2D eigenvalue weighted by Crippen LogP contribution is -2.48. The first kappa shape index (κ1) is 20.3. The average Bonchev–Trinajstić information content (AvgIpc) is 3.46. The molecule has 1 saturated heterocycles. The van der Waals surface area contributed by atoms with Gasteiger partial charge in [0, 0.05) is 36.7 Å². The molecule has 0 aromatic carbocycles. The molecule has 2 aliphatic heterocycles. The van der Waals surface area contributed by atoms with Crippen molar-refractivity contribution in [1.82, 2.24) is 19.9 Å². The molecule has 0 saturated carbocycles. The number of nitrogens with one attached hydrogen (secondary N) is 1. The molecule has 170 valence electrons. The third-order valence-corrected chi connectivity index (χ3v) is 6.22. The van der Waals surface area contributed by atoms with Crippen molar-refractivity contribution in [3.05, 3.63) is 66.6 Å². The highest BCUT2D eigenvalue weighted by atomic mass is 16.4. The second-order valence-corrected chi connectivity index (χ2v) is 8.65. The van der Waals surface area contributed by atoms with Crippen molar-refractivity contribution in [3.63, 3.8) is 0 Å². The van der Waals surface area contributed by atoms with Gasteiger partial charge in [0.05, 0.1) is 41.1 Å². The lowest BCUT2D eigenvalue weighted by atomic mass is 10.1. The summed E-state index contributed by atoms with van der Waals surface area (Å²) in [5, 5.41) is 3.01. The third kappa shape index (κ3) is 3.55. The minimum Gasteiger partial charge on any atom is -0.441 e. The molecule has 4 aromatic rings. The van der Waals surface area contributed by atoms with Gasteiger partial charge in [0.2, 0.25) is 5.89 Å². The van der Waals surface area contributed by atoms with E-state index in [-0.39, 0.29) is 12.1 Å². The van der Waals surface area contributed by atoms with E-state index in [1.165, 1.54) is 0 Å². The Kier molecular flexibility index (Phi) is 4.75. The molecule has 0 spiro atoms. The number of hydrogen-bond acceptors (Lipinski definition) is 7. The second kappa shape index (κ2) is 7.95. The number of aryl methyl sites for hydroxylation is 2. The molecular formula is C25H23N7O2. The van der Waals surface area contributed by atoms with E-state index < -0.39 is 0 Å². The highest BCUT2D eigenvalue weighted by Gasteiger charge is 2.40. The maximum atomic E-state index is 13.6. The number of carbonyl (C=O) groups is 1. The number of nitrogens with zero attached hydrogens (tertiary/aromatic N) is 6. The van der Waals surface area contributed by atoms with Crippen LogP contribution in [0.25, 0.3) is 22.7 Å². The molecule has 6 heterocycles. The lowest BCUT2D eigenvalue weighted by molar-refractivity contribution is 0.255. The molecule has 1 N–H and O–H groups in total. The van der Waals surface area contributed by atoms with Gasteiger partial charge in [-0.25, -0.2) is 14.8 Å². The molecule has 2 bridgehead atoms. The summed E-state index contributed by atoms with van der Waals surface area (Å²) in [6.45, 7) is 5.49. The molecule has 34 heavy (non-hydrogen) atoms. The zero-order valence-corrected chi connectivity index (χ0v) is 18.9. The average molecular weight is 454 g/mol. The number of fused-ring (bicyclic) bond motifs is 4. The van der Waals surface area contributed by atoms with Crippen molar-refractivity contribution >= 4 is 23.2 Å². The zero-order chi connectivity index (χ0) is 23.2. The maximum Gasteiger partial charge on any atom is 0.327 e. The van der Waals surface area contributed by atoms with Crippen LogP contribution in [-0.4, -0.2) is 45.1 Å². The summed E-state index contributed by atoms with van der Waals surface area (Å²) in [5.41, 5.74) is 4.95. The Morgan fingerprint density at radius 2 is 2.00 bits per heavy atom. The minimum absolute atomic E-state index is 0.0555. The van der Waals surface area contributed by atoms with E-state index in [0.717, 1.165) is 42.1 Å². The largest absolute Gasteiger partial charge is 0.441 e. The Hall–Kier alpha value is -4.27. The fraction of sp³-hybridized carbons (Fsp3) is 0.240. The van der Waals surface area contributed by atoms with E-state index in [0.29, 0.717) is 28.7 Å². The summed E-state index contributed by atoms with van der Waals surface area (Å²) in [6, 6.07) is 9.64. The molecule has 6 rings (SSSR count). The maximum absolute atomic E-state index is 13.6. The summed E-state index contributed by atoms with van der Waals surface area (Å²) >= 11 is 0. The van der Waals surface area contributed by atoms with Crippen LogP contribution in [0.1, 0.15) is 17.9 Å². The van der Waals surface area contributed by atoms with Gasteiger partial charge in [-0.1, -0.05) is 0 Å². The molecule has 1 fully saturated rings. The summed E-state index contributed by atoms with van der Waals surface area (Å²) in [6.07, 6.45) is 7.61. The van der Waals surface area contributed by atoms with Crippen molar-refractivity contribution in [2.75, 3.05) is 28.2 Å². The van der Waals surface area contributed by atoms with Crippen LogP contribution in [0, 0.1) is 13.8 Å². The van der Waals surface area contributed by atoms with Crippen molar-refractivity contribution in [2.24, 2.45) is 0 Å². The van der Waals surface area contributed by atoms with Gasteiger partial charge in [0.15, 0.2) is 5.82 Å². The number of anilines is 3. The van der Waals surface area contributed by atoms with Crippen LogP contribution in [-0.2, 0) is 0 Å². The van der Waals surface area contributed by atoms with Crippen LogP contribution in [0.5, 0.6) is 0 Å². The van der Waals surface area contributed by atoms with Crippen molar-refractivity contribution in [2.45, 2.75) is 26.3 Å².